The lowest BCUT2D eigenvalue weighted by Gasteiger charge is -2.36. The molecule has 2 amide bonds. The molecule has 2 aliphatic rings. The molecule has 0 spiro atoms. The largest absolute Gasteiger partial charge is 0.455 e. The van der Waals surface area contributed by atoms with Crippen molar-refractivity contribution in [2.24, 2.45) is 17.8 Å². The van der Waals surface area contributed by atoms with Crippen LogP contribution >= 0.6 is 0 Å². The van der Waals surface area contributed by atoms with Gasteiger partial charge >= 0.3 is 5.97 Å². The third-order valence-electron chi connectivity index (χ3n) is 5.02. The zero-order valence-electron chi connectivity index (χ0n) is 13.9. The fourth-order valence-corrected chi connectivity index (χ4v) is 3.75. The molecule has 1 unspecified atom stereocenters. The van der Waals surface area contributed by atoms with Crippen molar-refractivity contribution >= 4 is 23.6 Å². The monoisotopic (exact) mass is 343 g/mol. The van der Waals surface area contributed by atoms with E-state index >= 15 is 0 Å². The minimum absolute atomic E-state index is 0.0430. The highest BCUT2D eigenvalue weighted by atomic mass is 16.5. The smallest absolute Gasteiger partial charge is 0.309 e. The molecule has 0 aromatic heterocycles. The quantitative estimate of drug-likeness (QED) is 0.843. The molecule has 2 bridgehead atoms. The van der Waals surface area contributed by atoms with Crippen LogP contribution in [0.2, 0.25) is 0 Å². The molecule has 6 nitrogen and oxygen atoms in total. The first kappa shape index (κ1) is 17.3. The van der Waals surface area contributed by atoms with Gasteiger partial charge in [-0.1, -0.05) is 24.6 Å². The van der Waals surface area contributed by atoms with Crippen molar-refractivity contribution < 1.29 is 23.9 Å². The topological polar surface area (TPSA) is 89.5 Å². The highest BCUT2D eigenvalue weighted by molar-refractivity contribution is 6.05. The Morgan fingerprint density at radius 1 is 1.04 bits per heavy atom. The van der Waals surface area contributed by atoms with E-state index in [0.29, 0.717) is 18.4 Å². The van der Waals surface area contributed by atoms with E-state index in [9.17, 15) is 19.2 Å². The molecule has 132 valence electrons. The number of hydrogen-bond donors (Lipinski definition) is 1. The van der Waals surface area contributed by atoms with Crippen LogP contribution in [-0.2, 0) is 19.1 Å². The van der Waals surface area contributed by atoms with Gasteiger partial charge in [-0.15, -0.1) is 0 Å². The number of fused-ring (bicyclic) bond motifs is 2. The molecule has 1 aromatic rings. The number of nitrogens with one attached hydrogen (secondary N) is 1. The number of carbonyl (C=O) groups excluding carboxylic acids is 4. The summed E-state index contributed by atoms with van der Waals surface area (Å²) in [7, 11) is 0. The summed E-state index contributed by atoms with van der Waals surface area (Å²) in [6.07, 6.45) is 3.74. The van der Waals surface area contributed by atoms with Crippen LogP contribution in [0.4, 0.5) is 0 Å². The number of carbonyl (C=O) groups is 4. The Labute approximate surface area is 145 Å². The number of amides is 2. The molecule has 1 aromatic carbocycles. The van der Waals surface area contributed by atoms with Crippen molar-refractivity contribution in [3.63, 3.8) is 0 Å². The van der Waals surface area contributed by atoms with Gasteiger partial charge in [-0.05, 0) is 37.8 Å². The second kappa shape index (κ2) is 7.59. The second-order valence-electron chi connectivity index (χ2n) is 6.75. The number of esters is 1. The van der Waals surface area contributed by atoms with Crippen molar-refractivity contribution in [2.75, 3.05) is 6.61 Å². The first-order chi connectivity index (χ1) is 12.0. The Bertz CT molecular complexity index is 668. The summed E-state index contributed by atoms with van der Waals surface area (Å²) in [5.41, 5.74) is 0.362. The van der Waals surface area contributed by atoms with Gasteiger partial charge in [0.25, 0.3) is 11.8 Å². The van der Waals surface area contributed by atoms with Gasteiger partial charge in [0.05, 0.1) is 5.92 Å². The van der Waals surface area contributed by atoms with Crippen molar-refractivity contribution in [3.05, 3.63) is 35.9 Å². The van der Waals surface area contributed by atoms with E-state index in [1.54, 1.807) is 30.3 Å². The number of ketones is 1. The number of benzene rings is 1. The third-order valence-corrected chi connectivity index (χ3v) is 5.02. The van der Waals surface area contributed by atoms with Gasteiger partial charge < -0.3 is 4.74 Å². The zero-order chi connectivity index (χ0) is 17.8. The Morgan fingerprint density at radius 2 is 1.68 bits per heavy atom. The molecule has 0 aliphatic heterocycles. The zero-order valence-corrected chi connectivity index (χ0v) is 13.9. The van der Waals surface area contributed by atoms with Crippen molar-refractivity contribution in [2.45, 2.75) is 32.1 Å². The van der Waals surface area contributed by atoms with Crippen LogP contribution in [0, 0.1) is 17.8 Å². The van der Waals surface area contributed by atoms with E-state index in [0.717, 1.165) is 19.3 Å². The molecule has 6 heteroatoms. The van der Waals surface area contributed by atoms with E-state index in [-0.39, 0.29) is 23.5 Å². The molecule has 2 saturated carbocycles. The van der Waals surface area contributed by atoms with Crippen molar-refractivity contribution in [1.82, 2.24) is 5.32 Å². The van der Waals surface area contributed by atoms with E-state index < -0.39 is 24.4 Å². The van der Waals surface area contributed by atoms with E-state index in [2.05, 4.69) is 5.32 Å². The summed E-state index contributed by atoms with van der Waals surface area (Å²) < 4.78 is 5.07. The first-order valence-corrected chi connectivity index (χ1v) is 8.64. The van der Waals surface area contributed by atoms with Crippen LogP contribution < -0.4 is 5.32 Å². The lowest BCUT2D eigenvalue weighted by molar-refractivity contribution is -0.156. The van der Waals surface area contributed by atoms with Crippen LogP contribution in [0.3, 0.4) is 0 Å². The van der Waals surface area contributed by atoms with Gasteiger partial charge in [0.1, 0.15) is 5.78 Å². The van der Waals surface area contributed by atoms with Crippen molar-refractivity contribution in [3.8, 4) is 0 Å². The predicted octanol–water partition coefficient (Wildman–Crippen LogP) is 1.88. The Hall–Kier alpha value is -2.50. The maximum Gasteiger partial charge on any atom is 0.309 e. The van der Waals surface area contributed by atoms with Gasteiger partial charge in [0.2, 0.25) is 0 Å². The lowest BCUT2D eigenvalue weighted by Crippen LogP contribution is -2.40. The molecular formula is C19H21NO5. The van der Waals surface area contributed by atoms with E-state index in [1.807, 2.05) is 0 Å². The molecule has 3 rings (SSSR count). The van der Waals surface area contributed by atoms with Gasteiger partial charge in [-0.3, -0.25) is 24.5 Å². The molecule has 3 atom stereocenters. The molecule has 0 saturated heterocycles. The molecule has 25 heavy (non-hydrogen) atoms. The molecule has 2 fully saturated rings. The number of rotatable bonds is 4. The highest BCUT2D eigenvalue weighted by Gasteiger charge is 2.41. The Morgan fingerprint density at radius 3 is 2.32 bits per heavy atom. The highest BCUT2D eigenvalue weighted by Crippen LogP contribution is 2.40. The number of hydrogen-bond acceptors (Lipinski definition) is 5. The first-order valence-electron chi connectivity index (χ1n) is 8.64. The minimum Gasteiger partial charge on any atom is -0.455 e. The Balaban J connectivity index is 1.47. The normalized spacial score (nSPS) is 25.1. The summed E-state index contributed by atoms with van der Waals surface area (Å²) >= 11 is 0. The predicted molar refractivity (Wildman–Crippen MR) is 88.4 cm³/mol. The maximum absolute atomic E-state index is 12.2. The minimum atomic E-state index is -0.658. The van der Waals surface area contributed by atoms with Crippen molar-refractivity contribution in [1.29, 1.82) is 0 Å². The summed E-state index contributed by atoms with van der Waals surface area (Å²) in [5, 5.41) is 2.19. The number of Topliss-reactive ketones (excluding diaryl/α,β-unsaturated/α-hetero) is 1. The molecule has 0 heterocycles. The van der Waals surface area contributed by atoms with Gasteiger partial charge in [-0.2, -0.15) is 0 Å². The summed E-state index contributed by atoms with van der Waals surface area (Å²) in [4.78, 5) is 47.9. The second-order valence-corrected chi connectivity index (χ2v) is 6.75. The summed E-state index contributed by atoms with van der Waals surface area (Å²) in [6, 6.07) is 8.34. The lowest BCUT2D eigenvalue weighted by atomic mass is 9.67. The molecular weight excluding hydrogens is 322 g/mol. The van der Waals surface area contributed by atoms with Crippen LogP contribution in [0.5, 0.6) is 0 Å². The summed E-state index contributed by atoms with van der Waals surface area (Å²) in [6.45, 7) is -0.489. The fraction of sp³-hybridized carbons (Fsp3) is 0.474. The van der Waals surface area contributed by atoms with E-state index in [1.165, 1.54) is 0 Å². The number of imide groups is 1. The van der Waals surface area contributed by atoms with Gasteiger partial charge in [-0.25, -0.2) is 0 Å². The maximum atomic E-state index is 12.2. The van der Waals surface area contributed by atoms with Crippen LogP contribution in [0.1, 0.15) is 42.5 Å². The average Bonchev–Trinajstić information content (AvgIpc) is 2.60. The SMILES string of the molecule is O=C(COC(=O)C1C[C@H]2CCC[C@@H](C1)C2=O)NC(=O)c1ccccc1. The van der Waals surface area contributed by atoms with Gasteiger partial charge in [0, 0.05) is 17.4 Å². The standard InChI is InChI=1S/C19H21NO5/c21-16(20-18(23)12-5-2-1-3-6-12)11-25-19(24)15-9-13-7-4-8-14(10-15)17(13)22/h1-3,5-6,13-15H,4,7-11H2,(H,20,21,23)/t13-,14+,15?. The van der Waals surface area contributed by atoms with Crippen LogP contribution in [-0.4, -0.2) is 30.2 Å². The van der Waals surface area contributed by atoms with Crippen LogP contribution in [0.25, 0.3) is 0 Å². The summed E-state index contributed by atoms with van der Waals surface area (Å²) in [5.74, 6) is -1.77. The molecule has 1 N–H and O–H groups in total. The number of ether oxygens (including phenoxy) is 1. The van der Waals surface area contributed by atoms with Gasteiger partial charge in [0.15, 0.2) is 6.61 Å². The third kappa shape index (κ3) is 4.13. The fourth-order valence-electron chi connectivity index (χ4n) is 3.75. The molecule has 2 aliphatic carbocycles. The van der Waals surface area contributed by atoms with Crippen LogP contribution in [0.15, 0.2) is 30.3 Å². The van der Waals surface area contributed by atoms with E-state index in [4.69, 9.17) is 4.74 Å². The molecule has 0 radical (unpaired) electrons. The average molecular weight is 343 g/mol. The Kier molecular flexibility index (Phi) is 5.26.